The Morgan fingerprint density at radius 3 is 1.57 bits per heavy atom. The fourth-order valence-corrected chi connectivity index (χ4v) is 3.47. The van der Waals surface area contributed by atoms with Crippen LogP contribution in [0.2, 0.25) is 5.02 Å². The van der Waals surface area contributed by atoms with Crippen LogP contribution >= 0.6 is 11.6 Å². The van der Waals surface area contributed by atoms with Crippen LogP contribution in [0.25, 0.3) is 27.5 Å². The SMILES string of the molecule is C#Cc1ccc(-n2c3ccccc3c3ccccc32)cc1.Clc1ccccc1. The average molecular weight is 380 g/mol. The predicted octanol–water partition coefficient (Wildman–Crippen LogP) is 7.11. The second-order valence-corrected chi connectivity index (χ2v) is 6.79. The van der Waals surface area contributed by atoms with Gasteiger partial charge in [-0.05, 0) is 48.5 Å². The Labute approximate surface area is 169 Å². The van der Waals surface area contributed by atoms with Crippen LogP contribution in [0.5, 0.6) is 0 Å². The maximum atomic E-state index is 5.54. The Hall–Kier alpha value is -3.47. The Morgan fingerprint density at radius 1 is 0.607 bits per heavy atom. The van der Waals surface area contributed by atoms with Gasteiger partial charge in [-0.25, -0.2) is 0 Å². The first-order valence-electron chi connectivity index (χ1n) is 9.04. The highest BCUT2D eigenvalue weighted by atomic mass is 35.5. The summed E-state index contributed by atoms with van der Waals surface area (Å²) in [5.41, 5.74) is 4.46. The number of halogens is 1. The Bertz CT molecular complexity index is 1210. The molecule has 0 aliphatic heterocycles. The highest BCUT2D eigenvalue weighted by molar-refractivity contribution is 6.30. The van der Waals surface area contributed by atoms with E-state index in [0.29, 0.717) is 0 Å². The van der Waals surface area contributed by atoms with Gasteiger partial charge in [-0.1, -0.05) is 72.1 Å². The average Bonchev–Trinajstić information content (AvgIpc) is 3.09. The van der Waals surface area contributed by atoms with Crippen molar-refractivity contribution >= 4 is 33.4 Å². The second-order valence-electron chi connectivity index (χ2n) is 6.36. The summed E-state index contributed by atoms with van der Waals surface area (Å²) < 4.78 is 2.28. The lowest BCUT2D eigenvalue weighted by atomic mass is 10.2. The van der Waals surface area contributed by atoms with E-state index in [1.807, 2.05) is 42.5 Å². The molecule has 5 rings (SSSR count). The molecule has 0 atom stereocenters. The minimum absolute atomic E-state index is 0.794. The molecule has 0 radical (unpaired) electrons. The number of rotatable bonds is 1. The van der Waals surface area contributed by atoms with E-state index in [0.717, 1.165) is 16.3 Å². The molecular weight excluding hydrogens is 362 g/mol. The van der Waals surface area contributed by atoms with Gasteiger partial charge in [-0.15, -0.1) is 6.42 Å². The number of para-hydroxylation sites is 2. The lowest BCUT2D eigenvalue weighted by molar-refractivity contribution is 1.18. The van der Waals surface area contributed by atoms with Crippen LogP contribution < -0.4 is 0 Å². The fourth-order valence-electron chi connectivity index (χ4n) is 3.32. The summed E-state index contributed by atoms with van der Waals surface area (Å²) in [4.78, 5) is 0. The van der Waals surface area contributed by atoms with Gasteiger partial charge in [0.15, 0.2) is 0 Å². The number of terminal acetylenes is 1. The number of hydrogen-bond donors (Lipinski definition) is 0. The molecule has 0 spiro atoms. The first-order chi connectivity index (χ1) is 13.8. The summed E-state index contributed by atoms with van der Waals surface area (Å²) in [6.07, 6.45) is 5.44. The van der Waals surface area contributed by atoms with Gasteiger partial charge in [0.1, 0.15) is 0 Å². The highest BCUT2D eigenvalue weighted by Gasteiger charge is 2.10. The minimum Gasteiger partial charge on any atom is -0.309 e. The molecule has 0 saturated carbocycles. The van der Waals surface area contributed by atoms with Crippen molar-refractivity contribution in [3.05, 3.63) is 114 Å². The van der Waals surface area contributed by atoms with Gasteiger partial charge in [0.2, 0.25) is 0 Å². The summed E-state index contributed by atoms with van der Waals surface area (Å²) in [6.45, 7) is 0. The first kappa shape index (κ1) is 17.9. The monoisotopic (exact) mass is 379 g/mol. The third kappa shape index (κ3) is 3.51. The van der Waals surface area contributed by atoms with E-state index in [-0.39, 0.29) is 0 Å². The smallest absolute Gasteiger partial charge is 0.0541 e. The van der Waals surface area contributed by atoms with Crippen LogP contribution in [0.15, 0.2) is 103 Å². The lowest BCUT2D eigenvalue weighted by Gasteiger charge is -2.07. The quantitative estimate of drug-likeness (QED) is 0.273. The van der Waals surface area contributed by atoms with Gasteiger partial charge >= 0.3 is 0 Å². The third-order valence-corrected chi connectivity index (χ3v) is 4.86. The number of hydrogen-bond acceptors (Lipinski definition) is 0. The molecule has 0 amide bonds. The van der Waals surface area contributed by atoms with Gasteiger partial charge in [0.05, 0.1) is 11.0 Å². The van der Waals surface area contributed by atoms with Gasteiger partial charge in [0.25, 0.3) is 0 Å². The van der Waals surface area contributed by atoms with E-state index >= 15 is 0 Å². The molecule has 0 unspecified atom stereocenters. The van der Waals surface area contributed by atoms with Crippen molar-refractivity contribution in [1.29, 1.82) is 0 Å². The normalized spacial score (nSPS) is 10.3. The Morgan fingerprint density at radius 2 is 1.11 bits per heavy atom. The fraction of sp³-hybridized carbons (Fsp3) is 0. The molecule has 0 fully saturated rings. The molecule has 1 nitrogen and oxygen atoms in total. The van der Waals surface area contributed by atoms with Crippen molar-refractivity contribution in [3.63, 3.8) is 0 Å². The van der Waals surface area contributed by atoms with Crippen LogP contribution in [-0.2, 0) is 0 Å². The number of nitrogens with zero attached hydrogens (tertiary/aromatic N) is 1. The molecule has 0 bridgehead atoms. The molecule has 0 N–H and O–H groups in total. The molecule has 4 aromatic carbocycles. The second kappa shape index (κ2) is 8.05. The van der Waals surface area contributed by atoms with Gasteiger partial charge in [-0.3, -0.25) is 0 Å². The highest BCUT2D eigenvalue weighted by Crippen LogP contribution is 2.31. The van der Waals surface area contributed by atoms with E-state index in [4.69, 9.17) is 18.0 Å². The summed E-state index contributed by atoms with van der Waals surface area (Å²) in [7, 11) is 0. The van der Waals surface area contributed by atoms with Crippen molar-refractivity contribution in [3.8, 4) is 18.0 Å². The largest absolute Gasteiger partial charge is 0.309 e. The van der Waals surface area contributed by atoms with Gasteiger partial charge < -0.3 is 4.57 Å². The van der Waals surface area contributed by atoms with E-state index in [9.17, 15) is 0 Å². The van der Waals surface area contributed by atoms with Crippen molar-refractivity contribution < 1.29 is 0 Å². The third-order valence-electron chi connectivity index (χ3n) is 4.61. The molecule has 134 valence electrons. The molecule has 0 aliphatic carbocycles. The molecule has 1 aromatic heterocycles. The minimum atomic E-state index is 0.794. The van der Waals surface area contributed by atoms with E-state index < -0.39 is 0 Å². The van der Waals surface area contributed by atoms with Gasteiger partial charge in [0, 0.05) is 27.0 Å². The van der Waals surface area contributed by atoms with E-state index in [2.05, 4.69) is 71.2 Å². The number of aromatic nitrogens is 1. The molecule has 5 aromatic rings. The maximum Gasteiger partial charge on any atom is 0.0541 e. The van der Waals surface area contributed by atoms with Crippen molar-refractivity contribution in [2.24, 2.45) is 0 Å². The number of benzene rings is 4. The molecule has 2 heteroatoms. The zero-order chi connectivity index (χ0) is 19.3. The molecule has 0 saturated heterocycles. The molecule has 0 aliphatic rings. The summed E-state index contributed by atoms with van der Waals surface area (Å²) in [5.74, 6) is 2.66. The van der Waals surface area contributed by atoms with E-state index in [1.165, 1.54) is 21.8 Å². The predicted molar refractivity (Wildman–Crippen MR) is 120 cm³/mol. The van der Waals surface area contributed by atoms with Crippen LogP contribution in [0.3, 0.4) is 0 Å². The van der Waals surface area contributed by atoms with Crippen LogP contribution in [0.4, 0.5) is 0 Å². The maximum absolute atomic E-state index is 5.54. The van der Waals surface area contributed by atoms with Crippen molar-refractivity contribution in [2.45, 2.75) is 0 Å². The lowest BCUT2D eigenvalue weighted by Crippen LogP contribution is -1.93. The molecule has 1 heterocycles. The number of fused-ring (bicyclic) bond motifs is 3. The van der Waals surface area contributed by atoms with Crippen molar-refractivity contribution in [2.75, 3.05) is 0 Å². The zero-order valence-electron chi connectivity index (χ0n) is 15.2. The first-order valence-corrected chi connectivity index (χ1v) is 9.41. The Balaban J connectivity index is 0.000000233. The van der Waals surface area contributed by atoms with Crippen LogP contribution in [-0.4, -0.2) is 4.57 Å². The molecular formula is C26H18ClN. The molecule has 28 heavy (non-hydrogen) atoms. The summed E-state index contributed by atoms with van der Waals surface area (Å²) in [5, 5.41) is 3.34. The van der Waals surface area contributed by atoms with Crippen LogP contribution in [0, 0.1) is 12.3 Å². The summed E-state index contributed by atoms with van der Waals surface area (Å²) in [6, 6.07) is 34.5. The standard InChI is InChI=1S/C20H13N.C6H5Cl/c1-2-15-11-13-16(14-12-15)21-19-9-5-3-7-17(19)18-8-4-6-10-20(18)21;7-6-4-2-1-3-5-6/h1,3-14H;1-5H. The van der Waals surface area contributed by atoms with Crippen LogP contribution in [0.1, 0.15) is 5.56 Å². The van der Waals surface area contributed by atoms with E-state index in [1.54, 1.807) is 0 Å². The Kier molecular flexibility index (Phi) is 5.15. The van der Waals surface area contributed by atoms with Gasteiger partial charge in [-0.2, -0.15) is 0 Å². The zero-order valence-corrected chi connectivity index (χ0v) is 16.0. The summed E-state index contributed by atoms with van der Waals surface area (Å²) >= 11 is 5.54. The van der Waals surface area contributed by atoms with Crippen molar-refractivity contribution in [1.82, 2.24) is 4.57 Å². The topological polar surface area (TPSA) is 4.93 Å².